The first-order chi connectivity index (χ1) is 11.6. The van der Waals surface area contributed by atoms with E-state index >= 15 is 0 Å². The van der Waals surface area contributed by atoms with Crippen LogP contribution in [0, 0.1) is 0 Å². The third-order valence-electron chi connectivity index (χ3n) is 3.56. The fourth-order valence-corrected chi connectivity index (χ4v) is 3.29. The second-order valence-corrected chi connectivity index (χ2v) is 6.68. The summed E-state index contributed by atoms with van der Waals surface area (Å²) in [5, 5.41) is 3.62. The van der Waals surface area contributed by atoms with E-state index in [0.717, 1.165) is 0 Å². The molecule has 1 amide bonds. The first kappa shape index (κ1) is 18.5. The molecule has 24 heavy (non-hydrogen) atoms. The van der Waals surface area contributed by atoms with E-state index in [0.29, 0.717) is 42.2 Å². The average molecular weight is 349 g/mol. The van der Waals surface area contributed by atoms with Crippen LogP contribution in [0.2, 0.25) is 0 Å². The molecule has 1 heterocycles. The fraction of sp³-hybridized carbons (Fsp3) is 0.471. The van der Waals surface area contributed by atoms with E-state index in [1.54, 1.807) is 17.7 Å². The molecule has 130 valence electrons. The van der Waals surface area contributed by atoms with Crippen LogP contribution in [-0.4, -0.2) is 41.0 Å². The average Bonchev–Trinajstić information content (AvgIpc) is 2.58. The van der Waals surface area contributed by atoms with E-state index in [2.05, 4.69) is 10.3 Å². The number of carbonyl (C=O) groups is 1. The van der Waals surface area contributed by atoms with Crippen molar-refractivity contribution in [2.75, 3.05) is 20.3 Å². The molecule has 0 spiro atoms. The molecule has 1 N–H and O–H groups in total. The number of ether oxygens (including phenoxy) is 1. The van der Waals surface area contributed by atoms with Crippen molar-refractivity contribution in [3.63, 3.8) is 0 Å². The highest BCUT2D eigenvalue weighted by Crippen LogP contribution is 2.22. The summed E-state index contributed by atoms with van der Waals surface area (Å²) in [6.07, 6.45) is 0.708. The zero-order chi connectivity index (χ0) is 17.5. The van der Waals surface area contributed by atoms with Gasteiger partial charge in [0, 0.05) is 26.8 Å². The van der Waals surface area contributed by atoms with Gasteiger partial charge in [0.15, 0.2) is 5.16 Å². The van der Waals surface area contributed by atoms with E-state index in [9.17, 15) is 9.59 Å². The zero-order valence-corrected chi connectivity index (χ0v) is 15.1. The summed E-state index contributed by atoms with van der Waals surface area (Å²) in [6, 6.07) is 7.27. The summed E-state index contributed by atoms with van der Waals surface area (Å²) >= 11 is 1.30. The number of amides is 1. The molecular weight excluding hydrogens is 326 g/mol. The number of methoxy groups -OCH3 is 1. The molecule has 0 unspecified atom stereocenters. The van der Waals surface area contributed by atoms with Gasteiger partial charge in [-0.25, -0.2) is 4.98 Å². The predicted octanol–water partition coefficient (Wildman–Crippen LogP) is 2.05. The van der Waals surface area contributed by atoms with Crippen LogP contribution in [0.15, 0.2) is 34.2 Å². The summed E-state index contributed by atoms with van der Waals surface area (Å²) in [7, 11) is 1.63. The first-order valence-electron chi connectivity index (χ1n) is 8.01. The first-order valence-corrected chi connectivity index (χ1v) is 8.89. The van der Waals surface area contributed by atoms with Gasteiger partial charge in [0.05, 0.1) is 16.2 Å². The largest absolute Gasteiger partial charge is 0.385 e. The number of fused-ring (bicyclic) bond motifs is 1. The molecular formula is C17H23N3O3S. The second kappa shape index (κ2) is 8.84. The summed E-state index contributed by atoms with van der Waals surface area (Å²) in [4.78, 5) is 29.4. The Bertz CT molecular complexity index is 760. The Morgan fingerprint density at radius 3 is 2.88 bits per heavy atom. The SMILES string of the molecule is CCNC(=O)[C@@H](C)Sc1nc2ccccc2c(=O)n1CCCOC. The van der Waals surface area contributed by atoms with E-state index in [1.807, 2.05) is 32.0 Å². The molecule has 1 aromatic carbocycles. The van der Waals surface area contributed by atoms with Gasteiger partial charge in [-0.15, -0.1) is 0 Å². The molecule has 0 bridgehead atoms. The predicted molar refractivity (Wildman–Crippen MR) is 96.5 cm³/mol. The van der Waals surface area contributed by atoms with Crippen LogP contribution < -0.4 is 10.9 Å². The lowest BCUT2D eigenvalue weighted by atomic mass is 10.2. The molecule has 7 heteroatoms. The Balaban J connectivity index is 2.39. The number of thioether (sulfide) groups is 1. The topological polar surface area (TPSA) is 73.2 Å². The Morgan fingerprint density at radius 2 is 2.17 bits per heavy atom. The third kappa shape index (κ3) is 4.36. The lowest BCUT2D eigenvalue weighted by Gasteiger charge is -2.16. The molecule has 2 rings (SSSR count). The molecule has 6 nitrogen and oxygen atoms in total. The number of carbonyl (C=O) groups excluding carboxylic acids is 1. The van der Waals surface area contributed by atoms with Crippen LogP contribution in [0.5, 0.6) is 0 Å². The van der Waals surface area contributed by atoms with Gasteiger partial charge in [-0.3, -0.25) is 14.2 Å². The summed E-state index contributed by atoms with van der Waals surface area (Å²) in [5.74, 6) is -0.0617. The molecule has 0 aliphatic rings. The molecule has 2 aromatic rings. The number of nitrogens with zero attached hydrogens (tertiary/aromatic N) is 2. The van der Waals surface area contributed by atoms with Crippen molar-refractivity contribution < 1.29 is 9.53 Å². The molecule has 1 aromatic heterocycles. The standard InChI is InChI=1S/C17H23N3O3S/c1-4-18-15(21)12(2)24-17-19-14-9-6-5-8-13(14)16(22)20(17)10-7-11-23-3/h5-6,8-9,12H,4,7,10-11H2,1-3H3,(H,18,21)/t12-/m1/s1. The fourth-order valence-electron chi connectivity index (χ4n) is 2.33. The van der Waals surface area contributed by atoms with Gasteiger partial charge in [-0.05, 0) is 32.4 Å². The van der Waals surface area contributed by atoms with Gasteiger partial charge in [-0.2, -0.15) is 0 Å². The van der Waals surface area contributed by atoms with Crippen LogP contribution in [0.3, 0.4) is 0 Å². The van der Waals surface area contributed by atoms with Crippen LogP contribution in [-0.2, 0) is 16.1 Å². The smallest absolute Gasteiger partial charge is 0.262 e. The van der Waals surface area contributed by atoms with Gasteiger partial charge in [-0.1, -0.05) is 23.9 Å². The van der Waals surface area contributed by atoms with Crippen LogP contribution in [0.4, 0.5) is 0 Å². The number of hydrogen-bond donors (Lipinski definition) is 1. The maximum Gasteiger partial charge on any atom is 0.262 e. The van der Waals surface area contributed by atoms with Gasteiger partial charge < -0.3 is 10.1 Å². The Morgan fingerprint density at radius 1 is 1.42 bits per heavy atom. The molecule has 0 aliphatic carbocycles. The van der Waals surface area contributed by atoms with Crippen molar-refractivity contribution >= 4 is 28.6 Å². The molecule has 0 saturated carbocycles. The van der Waals surface area contributed by atoms with Crippen LogP contribution in [0.1, 0.15) is 20.3 Å². The van der Waals surface area contributed by atoms with E-state index < -0.39 is 0 Å². The zero-order valence-electron chi connectivity index (χ0n) is 14.2. The Labute approximate surface area is 145 Å². The quantitative estimate of drug-likeness (QED) is 0.449. The summed E-state index contributed by atoms with van der Waals surface area (Å²) in [5.41, 5.74) is 0.568. The lowest BCUT2D eigenvalue weighted by Crippen LogP contribution is -2.32. The van der Waals surface area contributed by atoms with Gasteiger partial charge >= 0.3 is 0 Å². The lowest BCUT2D eigenvalue weighted by molar-refractivity contribution is -0.120. The molecule has 1 atom stereocenters. The number of hydrogen-bond acceptors (Lipinski definition) is 5. The van der Waals surface area contributed by atoms with Gasteiger partial charge in [0.2, 0.25) is 5.91 Å². The van der Waals surface area contributed by atoms with Gasteiger partial charge in [0.25, 0.3) is 5.56 Å². The molecule has 0 fully saturated rings. The minimum atomic E-state index is -0.327. The normalized spacial score (nSPS) is 12.3. The van der Waals surface area contributed by atoms with E-state index in [-0.39, 0.29) is 16.7 Å². The van der Waals surface area contributed by atoms with Crippen molar-refractivity contribution in [1.82, 2.24) is 14.9 Å². The number of para-hydroxylation sites is 1. The molecule has 0 aliphatic heterocycles. The third-order valence-corrected chi connectivity index (χ3v) is 4.65. The number of benzene rings is 1. The maximum atomic E-state index is 12.8. The van der Waals surface area contributed by atoms with E-state index in [1.165, 1.54) is 11.8 Å². The number of rotatable bonds is 8. The minimum absolute atomic E-state index is 0.0617. The Hall–Kier alpha value is -1.86. The highest BCUT2D eigenvalue weighted by atomic mass is 32.2. The van der Waals surface area contributed by atoms with Crippen molar-refractivity contribution in [1.29, 1.82) is 0 Å². The second-order valence-electron chi connectivity index (χ2n) is 5.37. The van der Waals surface area contributed by atoms with Crippen LogP contribution in [0.25, 0.3) is 10.9 Å². The van der Waals surface area contributed by atoms with Crippen molar-refractivity contribution in [2.45, 2.75) is 37.2 Å². The summed E-state index contributed by atoms with van der Waals surface area (Å²) in [6.45, 7) is 5.35. The van der Waals surface area contributed by atoms with Crippen molar-refractivity contribution in [2.24, 2.45) is 0 Å². The number of aromatic nitrogens is 2. The highest BCUT2D eigenvalue weighted by molar-refractivity contribution is 8.00. The monoisotopic (exact) mass is 349 g/mol. The van der Waals surface area contributed by atoms with Crippen molar-refractivity contribution in [3.05, 3.63) is 34.6 Å². The molecule has 0 saturated heterocycles. The maximum absolute atomic E-state index is 12.8. The minimum Gasteiger partial charge on any atom is -0.385 e. The molecule has 0 radical (unpaired) electrons. The highest BCUT2D eigenvalue weighted by Gasteiger charge is 2.18. The van der Waals surface area contributed by atoms with E-state index in [4.69, 9.17) is 4.74 Å². The van der Waals surface area contributed by atoms with Crippen molar-refractivity contribution in [3.8, 4) is 0 Å². The summed E-state index contributed by atoms with van der Waals surface area (Å²) < 4.78 is 6.72. The number of nitrogens with one attached hydrogen (secondary N) is 1. The van der Waals surface area contributed by atoms with Crippen LogP contribution >= 0.6 is 11.8 Å². The van der Waals surface area contributed by atoms with Gasteiger partial charge in [0.1, 0.15) is 0 Å². The Kier molecular flexibility index (Phi) is 6.81.